The third-order valence-corrected chi connectivity index (χ3v) is 5.73. The predicted octanol–water partition coefficient (Wildman–Crippen LogP) is 5.88. The Morgan fingerprint density at radius 2 is 1.70 bits per heavy atom. The maximum absolute atomic E-state index is 14.2. The quantitative estimate of drug-likeness (QED) is 0.235. The molecule has 0 bridgehead atoms. The molecule has 1 unspecified atom stereocenters. The Bertz CT molecular complexity index is 993. The fourth-order valence-corrected chi connectivity index (χ4v) is 3.67. The van der Waals surface area contributed by atoms with Crippen LogP contribution in [0.2, 0.25) is 5.02 Å². The van der Waals surface area contributed by atoms with Crippen LogP contribution in [0.5, 0.6) is 0 Å². The van der Waals surface area contributed by atoms with Crippen LogP contribution < -0.4 is 5.56 Å². The number of rotatable bonds is 9. The molecule has 0 aliphatic carbocycles. The number of benzene rings is 1. The summed E-state index contributed by atoms with van der Waals surface area (Å²) in [7, 11) is 0. The van der Waals surface area contributed by atoms with Crippen LogP contribution in [-0.2, 0) is 26.7 Å². The number of hydrogen-bond donors (Lipinski definition) is 0. The van der Waals surface area contributed by atoms with Gasteiger partial charge in [0.25, 0.3) is 11.9 Å². The SMILES string of the molecule is CC(C)(C)n1ncc(SCc2ccc(C(F)(F)C(F)OCCOC(F)(F)F)cc2)c(Cl)c1=O. The lowest BCUT2D eigenvalue weighted by Gasteiger charge is -2.21. The van der Waals surface area contributed by atoms with Crippen LogP contribution in [0.1, 0.15) is 31.9 Å². The van der Waals surface area contributed by atoms with E-state index < -0.39 is 48.5 Å². The van der Waals surface area contributed by atoms with Gasteiger partial charge in [-0.15, -0.1) is 24.9 Å². The summed E-state index contributed by atoms with van der Waals surface area (Å²) in [4.78, 5) is 12.8. The maximum atomic E-state index is 14.2. The second-order valence-electron chi connectivity index (χ2n) is 7.80. The molecule has 1 aromatic heterocycles. The molecule has 0 fully saturated rings. The summed E-state index contributed by atoms with van der Waals surface area (Å²) < 4.78 is 86.5. The average Bonchev–Trinajstić information content (AvgIpc) is 2.70. The molecule has 0 spiro atoms. The average molecular weight is 519 g/mol. The Hall–Kier alpha value is -1.76. The summed E-state index contributed by atoms with van der Waals surface area (Å²) >= 11 is 7.32. The Kier molecular flexibility index (Phi) is 8.88. The van der Waals surface area contributed by atoms with E-state index in [0.29, 0.717) is 10.5 Å². The number of thioether (sulfide) groups is 1. The zero-order valence-corrected chi connectivity index (χ0v) is 19.3. The molecule has 0 radical (unpaired) electrons. The van der Waals surface area contributed by atoms with Gasteiger partial charge < -0.3 is 4.74 Å². The van der Waals surface area contributed by atoms with E-state index in [-0.39, 0.29) is 10.8 Å². The molecule has 13 heteroatoms. The minimum absolute atomic E-state index is 0.0139. The molecule has 1 aromatic carbocycles. The van der Waals surface area contributed by atoms with Gasteiger partial charge in [-0.25, -0.2) is 9.07 Å². The molecular formula is C20H21ClF6N2O3S. The normalized spacial score (nSPS) is 13.9. The van der Waals surface area contributed by atoms with Crippen molar-refractivity contribution in [3.63, 3.8) is 0 Å². The first-order chi connectivity index (χ1) is 15.1. The van der Waals surface area contributed by atoms with Gasteiger partial charge in [-0.05, 0) is 26.3 Å². The van der Waals surface area contributed by atoms with Crippen LogP contribution in [0.15, 0.2) is 40.2 Å². The number of aromatic nitrogens is 2. The van der Waals surface area contributed by atoms with Crippen molar-refractivity contribution in [3.8, 4) is 0 Å². The summed E-state index contributed by atoms with van der Waals surface area (Å²) in [5, 5.41) is 4.09. The molecule has 5 nitrogen and oxygen atoms in total. The van der Waals surface area contributed by atoms with Crippen LogP contribution in [0, 0.1) is 0 Å². The van der Waals surface area contributed by atoms with Crippen LogP contribution in [0.3, 0.4) is 0 Å². The molecule has 0 aliphatic rings. The molecule has 0 N–H and O–H groups in total. The molecule has 0 amide bonds. The first-order valence-corrected chi connectivity index (χ1v) is 10.8. The highest BCUT2D eigenvalue weighted by atomic mass is 35.5. The van der Waals surface area contributed by atoms with Crippen molar-refractivity contribution in [1.82, 2.24) is 9.78 Å². The van der Waals surface area contributed by atoms with Crippen LogP contribution >= 0.6 is 23.4 Å². The highest BCUT2D eigenvalue weighted by Gasteiger charge is 2.43. The highest BCUT2D eigenvalue weighted by Crippen LogP contribution is 2.35. The van der Waals surface area contributed by atoms with E-state index in [1.54, 1.807) is 20.8 Å². The largest absolute Gasteiger partial charge is 0.522 e. The van der Waals surface area contributed by atoms with Gasteiger partial charge in [0, 0.05) is 11.3 Å². The first kappa shape index (κ1) is 27.5. The topological polar surface area (TPSA) is 53.4 Å². The van der Waals surface area contributed by atoms with Crippen molar-refractivity contribution in [3.05, 3.63) is 57.0 Å². The lowest BCUT2D eigenvalue weighted by molar-refractivity contribution is -0.330. The summed E-state index contributed by atoms with van der Waals surface area (Å²) in [6.07, 6.45) is -6.68. The fraction of sp³-hybridized carbons (Fsp3) is 0.500. The number of alkyl halides is 6. The monoisotopic (exact) mass is 518 g/mol. The highest BCUT2D eigenvalue weighted by molar-refractivity contribution is 7.98. The van der Waals surface area contributed by atoms with Crippen molar-refractivity contribution in [2.45, 2.75) is 55.6 Å². The second kappa shape index (κ2) is 10.7. The number of ether oxygens (including phenoxy) is 2. The van der Waals surface area contributed by atoms with E-state index in [0.717, 1.165) is 12.1 Å². The van der Waals surface area contributed by atoms with Crippen molar-refractivity contribution in [2.75, 3.05) is 13.2 Å². The van der Waals surface area contributed by atoms with Gasteiger partial charge in [-0.3, -0.25) is 9.53 Å². The van der Waals surface area contributed by atoms with E-state index in [1.807, 2.05) is 0 Å². The summed E-state index contributed by atoms with van der Waals surface area (Å²) in [6.45, 7) is 3.27. The summed E-state index contributed by atoms with van der Waals surface area (Å²) in [5.41, 5.74) is -1.16. The zero-order valence-electron chi connectivity index (χ0n) is 17.8. The predicted molar refractivity (Wildman–Crippen MR) is 111 cm³/mol. The molecule has 2 aromatic rings. The van der Waals surface area contributed by atoms with E-state index in [9.17, 15) is 31.1 Å². The van der Waals surface area contributed by atoms with Gasteiger partial charge in [0.1, 0.15) is 5.02 Å². The van der Waals surface area contributed by atoms with E-state index in [2.05, 4.69) is 14.6 Å². The molecular weight excluding hydrogens is 498 g/mol. The summed E-state index contributed by atoms with van der Waals surface area (Å²) in [6, 6.07) is 4.62. The molecule has 1 heterocycles. The third-order valence-electron chi connectivity index (χ3n) is 4.15. The van der Waals surface area contributed by atoms with Crippen LogP contribution in [0.25, 0.3) is 0 Å². The van der Waals surface area contributed by atoms with Gasteiger partial charge in [0.2, 0.25) is 0 Å². The first-order valence-electron chi connectivity index (χ1n) is 9.47. The number of hydrogen-bond acceptors (Lipinski definition) is 5. The number of nitrogens with zero attached hydrogens (tertiary/aromatic N) is 2. The minimum Gasteiger partial charge on any atom is -0.341 e. The van der Waals surface area contributed by atoms with Gasteiger partial charge >= 0.3 is 12.3 Å². The minimum atomic E-state index is -4.96. The lowest BCUT2D eigenvalue weighted by atomic mass is 10.1. The third kappa shape index (κ3) is 7.62. The molecule has 0 aliphatic heterocycles. The van der Waals surface area contributed by atoms with Gasteiger partial charge in [0.15, 0.2) is 0 Å². The zero-order chi connectivity index (χ0) is 25.0. The molecule has 33 heavy (non-hydrogen) atoms. The van der Waals surface area contributed by atoms with E-state index >= 15 is 0 Å². The number of halogens is 7. The molecule has 1 atom stereocenters. The molecule has 184 valence electrons. The molecule has 0 saturated carbocycles. The lowest BCUT2D eigenvalue weighted by Crippen LogP contribution is -2.36. The van der Waals surface area contributed by atoms with Gasteiger partial charge in [0.05, 0.1) is 29.8 Å². The Morgan fingerprint density at radius 3 is 2.24 bits per heavy atom. The molecule has 2 rings (SSSR count). The Labute approximate surface area is 195 Å². The second-order valence-corrected chi connectivity index (χ2v) is 9.20. The van der Waals surface area contributed by atoms with Crippen molar-refractivity contribution < 1.29 is 35.8 Å². The van der Waals surface area contributed by atoms with E-state index in [4.69, 9.17) is 11.6 Å². The van der Waals surface area contributed by atoms with Gasteiger partial charge in [-0.2, -0.15) is 13.9 Å². The van der Waals surface area contributed by atoms with Crippen molar-refractivity contribution in [2.24, 2.45) is 0 Å². The van der Waals surface area contributed by atoms with Crippen molar-refractivity contribution in [1.29, 1.82) is 0 Å². The van der Waals surface area contributed by atoms with Crippen molar-refractivity contribution >= 4 is 23.4 Å². The van der Waals surface area contributed by atoms with Crippen LogP contribution in [-0.4, -0.2) is 35.7 Å². The maximum Gasteiger partial charge on any atom is 0.522 e. The standard InChI is InChI=1S/C20H21ClF6N2O3S/c1-18(2,3)29-16(30)15(21)14(10-28-29)33-11-12-4-6-13(7-5-12)19(23,24)17(22)31-8-9-32-20(25,26)27/h4-7,10,17H,8-9,11H2,1-3H3. The Balaban J connectivity index is 1.99. The summed E-state index contributed by atoms with van der Waals surface area (Å²) in [5.74, 6) is -3.83. The Morgan fingerprint density at radius 1 is 1.09 bits per heavy atom. The van der Waals surface area contributed by atoms with Gasteiger partial charge in [-0.1, -0.05) is 35.9 Å². The fourth-order valence-electron chi connectivity index (χ4n) is 2.53. The van der Waals surface area contributed by atoms with Crippen LogP contribution in [0.4, 0.5) is 26.3 Å². The smallest absolute Gasteiger partial charge is 0.341 e. The molecule has 0 saturated heterocycles. The van der Waals surface area contributed by atoms with E-state index in [1.165, 1.54) is 34.8 Å².